The number of para-hydroxylation sites is 1. The van der Waals surface area contributed by atoms with Gasteiger partial charge in [0.2, 0.25) is 0 Å². The number of aliphatic carboxylic acids is 1. The summed E-state index contributed by atoms with van der Waals surface area (Å²) < 4.78 is 11.1. The summed E-state index contributed by atoms with van der Waals surface area (Å²) in [4.78, 5) is 9.25. The van der Waals surface area contributed by atoms with Gasteiger partial charge in [-0.05, 0) is 18.6 Å². The lowest BCUT2D eigenvalue weighted by Gasteiger charge is -2.07. The quantitative estimate of drug-likeness (QED) is 0.403. The van der Waals surface area contributed by atoms with Gasteiger partial charge in [-0.1, -0.05) is 70.2 Å². The number of ether oxygens (including phenoxy) is 2. The number of carbonyl (C=O) groups is 1. The van der Waals surface area contributed by atoms with Gasteiger partial charge in [0.25, 0.3) is 0 Å². The van der Waals surface area contributed by atoms with Crippen LogP contribution in [0.25, 0.3) is 0 Å². The number of carboxylic acids is 1. The van der Waals surface area contributed by atoms with Crippen molar-refractivity contribution in [2.24, 2.45) is 0 Å². The van der Waals surface area contributed by atoms with E-state index in [1.165, 1.54) is 44.9 Å². The zero-order valence-corrected chi connectivity index (χ0v) is 14.9. The second kappa shape index (κ2) is 17.5. The summed E-state index contributed by atoms with van der Waals surface area (Å²) in [6.45, 7) is 7.41. The van der Waals surface area contributed by atoms with Crippen molar-refractivity contribution < 1.29 is 19.4 Å². The molecule has 4 heteroatoms. The molecule has 1 aromatic rings. The normalized spacial score (nSPS) is 9.71. The predicted molar refractivity (Wildman–Crippen MR) is 98.6 cm³/mol. The molecule has 0 bridgehead atoms. The summed E-state index contributed by atoms with van der Waals surface area (Å²) in [6, 6.07) is 9.89. The van der Waals surface area contributed by atoms with Crippen LogP contribution in [0.15, 0.2) is 43.0 Å². The topological polar surface area (TPSA) is 55.8 Å². The molecule has 4 nitrogen and oxygen atoms in total. The van der Waals surface area contributed by atoms with E-state index in [0.717, 1.165) is 18.4 Å². The molecule has 0 aliphatic carbocycles. The molecule has 0 saturated carbocycles. The highest BCUT2D eigenvalue weighted by molar-refractivity contribution is 5.78. The van der Waals surface area contributed by atoms with Crippen molar-refractivity contribution >= 4 is 5.97 Å². The van der Waals surface area contributed by atoms with Crippen molar-refractivity contribution in [1.82, 2.24) is 0 Å². The molecule has 0 aliphatic heterocycles. The molecule has 0 atom stereocenters. The minimum atomic E-state index is -0.981. The van der Waals surface area contributed by atoms with Gasteiger partial charge in [0.15, 0.2) is 0 Å². The van der Waals surface area contributed by atoms with E-state index in [4.69, 9.17) is 14.6 Å². The molecule has 1 N–H and O–H groups in total. The van der Waals surface area contributed by atoms with Gasteiger partial charge in [-0.25, -0.2) is 4.79 Å². The first-order chi connectivity index (χ1) is 11.7. The zero-order chi connectivity index (χ0) is 17.9. The SMILES string of the molecule is C=CC(=O)O.CCCCCCCCCOCCOc1ccccc1. The molecule has 1 rings (SSSR count). The number of hydrogen-bond donors (Lipinski definition) is 1. The van der Waals surface area contributed by atoms with E-state index in [0.29, 0.717) is 13.2 Å². The number of carboxylic acid groups (broad SMARTS) is 1. The maximum absolute atomic E-state index is 9.25. The van der Waals surface area contributed by atoms with Gasteiger partial charge in [0.05, 0.1) is 6.61 Å². The molecule has 0 radical (unpaired) electrons. The Hall–Kier alpha value is -1.81. The van der Waals surface area contributed by atoms with Crippen molar-refractivity contribution in [3.63, 3.8) is 0 Å². The summed E-state index contributed by atoms with van der Waals surface area (Å²) in [7, 11) is 0. The highest BCUT2D eigenvalue weighted by Crippen LogP contribution is 2.08. The molecule has 0 spiro atoms. The fourth-order valence-electron chi connectivity index (χ4n) is 2.00. The van der Waals surface area contributed by atoms with Crippen LogP contribution in [0, 0.1) is 0 Å². The second-order valence-electron chi connectivity index (χ2n) is 5.44. The van der Waals surface area contributed by atoms with Gasteiger partial charge in [0.1, 0.15) is 12.4 Å². The van der Waals surface area contributed by atoms with E-state index in [1.807, 2.05) is 30.3 Å². The molecule has 136 valence electrons. The van der Waals surface area contributed by atoms with Crippen LogP contribution in [0.1, 0.15) is 51.9 Å². The summed E-state index contributed by atoms with van der Waals surface area (Å²) in [6.07, 6.45) is 10.1. The zero-order valence-electron chi connectivity index (χ0n) is 14.9. The Labute approximate surface area is 146 Å². The molecule has 0 unspecified atom stereocenters. The van der Waals surface area contributed by atoms with Crippen LogP contribution in [0.2, 0.25) is 0 Å². The molecule has 0 saturated heterocycles. The van der Waals surface area contributed by atoms with Crippen LogP contribution in [0.4, 0.5) is 0 Å². The minimum absolute atomic E-state index is 0.639. The number of rotatable bonds is 13. The average molecular weight is 336 g/mol. The summed E-state index contributed by atoms with van der Waals surface area (Å²) in [5.74, 6) is -0.0629. The third kappa shape index (κ3) is 16.6. The van der Waals surface area contributed by atoms with E-state index >= 15 is 0 Å². The Morgan fingerprint density at radius 2 is 1.58 bits per heavy atom. The largest absolute Gasteiger partial charge is 0.491 e. The fourth-order valence-corrected chi connectivity index (χ4v) is 2.00. The van der Waals surface area contributed by atoms with Gasteiger partial charge in [-0.15, -0.1) is 0 Å². The van der Waals surface area contributed by atoms with Crippen molar-refractivity contribution in [3.05, 3.63) is 43.0 Å². The van der Waals surface area contributed by atoms with E-state index < -0.39 is 5.97 Å². The van der Waals surface area contributed by atoms with Crippen molar-refractivity contribution in [1.29, 1.82) is 0 Å². The van der Waals surface area contributed by atoms with Crippen LogP contribution < -0.4 is 4.74 Å². The maximum atomic E-state index is 9.25. The van der Waals surface area contributed by atoms with Gasteiger partial charge >= 0.3 is 5.97 Å². The lowest BCUT2D eigenvalue weighted by atomic mass is 10.1. The fraction of sp³-hybridized carbons (Fsp3) is 0.550. The summed E-state index contributed by atoms with van der Waals surface area (Å²) in [5.41, 5.74) is 0. The van der Waals surface area contributed by atoms with E-state index in [1.54, 1.807) is 0 Å². The molecule has 0 aliphatic rings. The molecule has 0 amide bonds. The molecule has 1 aromatic carbocycles. The molecular weight excluding hydrogens is 304 g/mol. The third-order valence-corrected chi connectivity index (χ3v) is 3.31. The third-order valence-electron chi connectivity index (χ3n) is 3.31. The molecule has 24 heavy (non-hydrogen) atoms. The Bertz CT molecular complexity index is 403. The molecule has 0 fully saturated rings. The van der Waals surface area contributed by atoms with E-state index in [9.17, 15) is 4.79 Å². The van der Waals surface area contributed by atoms with Crippen LogP contribution in [-0.2, 0) is 9.53 Å². The minimum Gasteiger partial charge on any atom is -0.491 e. The smallest absolute Gasteiger partial charge is 0.327 e. The maximum Gasteiger partial charge on any atom is 0.327 e. The van der Waals surface area contributed by atoms with E-state index in [2.05, 4.69) is 13.5 Å². The van der Waals surface area contributed by atoms with Gasteiger partial charge < -0.3 is 14.6 Å². The molecular formula is C20H32O4. The number of unbranched alkanes of at least 4 members (excludes halogenated alkanes) is 6. The van der Waals surface area contributed by atoms with Crippen LogP contribution in [0.3, 0.4) is 0 Å². The lowest BCUT2D eigenvalue weighted by molar-refractivity contribution is -0.131. The Morgan fingerprint density at radius 3 is 2.17 bits per heavy atom. The molecule has 0 heterocycles. The Morgan fingerprint density at radius 1 is 1.00 bits per heavy atom. The summed E-state index contributed by atoms with van der Waals surface area (Å²) in [5, 5.41) is 7.60. The number of hydrogen-bond acceptors (Lipinski definition) is 3. The average Bonchev–Trinajstić information content (AvgIpc) is 2.61. The van der Waals surface area contributed by atoms with Crippen LogP contribution in [0.5, 0.6) is 5.75 Å². The standard InChI is InChI=1S/C17H28O2.C3H4O2/c1-2-3-4-5-6-7-11-14-18-15-16-19-17-12-9-8-10-13-17;1-2-3(4)5/h8-10,12-13H,2-7,11,14-16H2,1H3;2H,1H2,(H,4,5). The Balaban J connectivity index is 0.000000922. The van der Waals surface area contributed by atoms with Crippen molar-refractivity contribution in [2.45, 2.75) is 51.9 Å². The Kier molecular flexibility index (Phi) is 16.2. The number of benzene rings is 1. The molecule has 0 aromatic heterocycles. The van der Waals surface area contributed by atoms with Gasteiger partial charge in [0, 0.05) is 12.7 Å². The summed E-state index contributed by atoms with van der Waals surface area (Å²) >= 11 is 0. The van der Waals surface area contributed by atoms with Crippen LogP contribution in [-0.4, -0.2) is 30.9 Å². The van der Waals surface area contributed by atoms with Crippen molar-refractivity contribution in [2.75, 3.05) is 19.8 Å². The van der Waals surface area contributed by atoms with Gasteiger partial charge in [-0.3, -0.25) is 0 Å². The van der Waals surface area contributed by atoms with E-state index in [-0.39, 0.29) is 0 Å². The first kappa shape index (κ1) is 22.2. The monoisotopic (exact) mass is 336 g/mol. The van der Waals surface area contributed by atoms with Crippen LogP contribution >= 0.6 is 0 Å². The van der Waals surface area contributed by atoms with Gasteiger partial charge in [-0.2, -0.15) is 0 Å². The first-order valence-corrected chi connectivity index (χ1v) is 8.81. The first-order valence-electron chi connectivity index (χ1n) is 8.81. The highest BCUT2D eigenvalue weighted by atomic mass is 16.5. The predicted octanol–water partition coefficient (Wildman–Crippen LogP) is 5.09. The highest BCUT2D eigenvalue weighted by Gasteiger charge is 1.93. The van der Waals surface area contributed by atoms with Crippen molar-refractivity contribution in [3.8, 4) is 5.75 Å². The lowest BCUT2D eigenvalue weighted by Crippen LogP contribution is -2.07. The second-order valence-corrected chi connectivity index (χ2v) is 5.44.